The van der Waals surface area contributed by atoms with Gasteiger partial charge in [0, 0.05) is 18.2 Å². The molecule has 1 saturated carbocycles. The van der Waals surface area contributed by atoms with E-state index in [1.807, 2.05) is 0 Å². The average Bonchev–Trinajstić information content (AvgIpc) is 1.90. The molecule has 0 aromatic carbocycles. The number of hydrogen-bond acceptors (Lipinski definition) is 1. The van der Waals surface area contributed by atoms with Gasteiger partial charge in [-0.15, -0.1) is 0 Å². The minimum atomic E-state index is 0.294. The van der Waals surface area contributed by atoms with E-state index in [9.17, 15) is 0 Å². The van der Waals surface area contributed by atoms with Gasteiger partial charge in [0.2, 0.25) is 0 Å². The van der Waals surface area contributed by atoms with Crippen molar-refractivity contribution in [3.05, 3.63) is 11.3 Å². The van der Waals surface area contributed by atoms with Crippen LogP contribution in [0.5, 0.6) is 0 Å². The zero-order valence-corrected chi connectivity index (χ0v) is 11.3. The predicted molar refractivity (Wildman–Crippen MR) is 67.8 cm³/mol. The lowest BCUT2D eigenvalue weighted by atomic mass is 9.71. The van der Waals surface area contributed by atoms with Crippen molar-refractivity contribution in [3.8, 4) is 0 Å². The quantitative estimate of drug-likeness (QED) is 0.737. The Balaban J connectivity index is 2.83. The summed E-state index contributed by atoms with van der Waals surface area (Å²) in [6.45, 7) is 11.7. The van der Waals surface area contributed by atoms with Gasteiger partial charge in [-0.25, -0.2) is 0 Å². The Hall–Kier alpha value is -0.460. The van der Waals surface area contributed by atoms with E-state index in [0.717, 1.165) is 0 Å². The van der Waals surface area contributed by atoms with Gasteiger partial charge in [0.25, 0.3) is 0 Å². The van der Waals surface area contributed by atoms with Gasteiger partial charge >= 0.3 is 0 Å². The number of allylic oxidation sites excluding steroid dienone is 2. The van der Waals surface area contributed by atoms with Crippen molar-refractivity contribution < 1.29 is 0 Å². The molecule has 0 amide bonds. The monoisotopic (exact) mass is 209 g/mol. The summed E-state index contributed by atoms with van der Waals surface area (Å²) in [6.07, 6.45) is 5.24. The van der Waals surface area contributed by atoms with E-state index in [2.05, 4.69) is 47.0 Å². The summed E-state index contributed by atoms with van der Waals surface area (Å²) < 4.78 is 0. The third kappa shape index (κ3) is 3.25. The van der Waals surface area contributed by atoms with Gasteiger partial charge in [-0.1, -0.05) is 40.2 Å². The van der Waals surface area contributed by atoms with Gasteiger partial charge in [0.05, 0.1) is 0 Å². The molecule has 0 radical (unpaired) electrons. The van der Waals surface area contributed by atoms with Crippen molar-refractivity contribution in [3.63, 3.8) is 0 Å². The highest BCUT2D eigenvalue weighted by atomic mass is 14.9. The van der Waals surface area contributed by atoms with Crippen molar-refractivity contribution >= 4 is 0 Å². The fourth-order valence-corrected chi connectivity index (χ4v) is 3.01. The number of rotatable bonds is 3. The van der Waals surface area contributed by atoms with E-state index in [1.165, 1.54) is 31.4 Å². The predicted octanol–water partition coefficient (Wildman–Crippen LogP) is 4.11. The molecule has 0 unspecified atom stereocenters. The van der Waals surface area contributed by atoms with E-state index >= 15 is 0 Å². The van der Waals surface area contributed by atoms with Crippen molar-refractivity contribution in [2.24, 2.45) is 10.8 Å². The van der Waals surface area contributed by atoms with Crippen LogP contribution in [-0.4, -0.2) is 7.05 Å². The van der Waals surface area contributed by atoms with Crippen LogP contribution >= 0.6 is 0 Å². The Morgan fingerprint density at radius 3 is 1.93 bits per heavy atom. The molecular weight excluding hydrogens is 182 g/mol. The summed E-state index contributed by atoms with van der Waals surface area (Å²) in [5.41, 5.74) is 3.86. The van der Waals surface area contributed by atoms with Crippen LogP contribution in [0.15, 0.2) is 11.3 Å². The molecule has 0 aromatic heterocycles. The van der Waals surface area contributed by atoms with Crippen LogP contribution in [0.3, 0.4) is 0 Å². The Morgan fingerprint density at radius 1 is 1.13 bits per heavy atom. The Bertz CT molecular complexity index is 247. The topological polar surface area (TPSA) is 12.0 Å². The first-order valence-corrected chi connectivity index (χ1v) is 6.16. The molecule has 0 saturated heterocycles. The van der Waals surface area contributed by atoms with Gasteiger partial charge in [-0.3, -0.25) is 0 Å². The average molecular weight is 209 g/mol. The summed E-state index contributed by atoms with van der Waals surface area (Å²) in [4.78, 5) is 0. The molecular formula is C14H27N. The molecule has 0 spiro atoms. The Morgan fingerprint density at radius 2 is 1.67 bits per heavy atom. The molecule has 1 aliphatic carbocycles. The highest BCUT2D eigenvalue weighted by Gasteiger charge is 2.31. The third-order valence-corrected chi connectivity index (χ3v) is 3.21. The maximum absolute atomic E-state index is 3.45. The lowest BCUT2D eigenvalue weighted by molar-refractivity contribution is 0.238. The van der Waals surface area contributed by atoms with Gasteiger partial charge in [0.15, 0.2) is 0 Å². The van der Waals surface area contributed by atoms with Crippen LogP contribution in [0.2, 0.25) is 0 Å². The summed E-state index contributed by atoms with van der Waals surface area (Å²) in [6, 6.07) is 0. The zero-order chi connectivity index (χ0) is 11.7. The molecule has 1 nitrogen and oxygen atoms in total. The van der Waals surface area contributed by atoms with Crippen LogP contribution in [0.1, 0.15) is 60.3 Å². The Labute approximate surface area is 95.3 Å². The molecule has 1 aliphatic rings. The van der Waals surface area contributed by atoms with Gasteiger partial charge in [0.1, 0.15) is 0 Å². The van der Waals surface area contributed by atoms with Gasteiger partial charge < -0.3 is 5.32 Å². The summed E-state index contributed by atoms with van der Waals surface area (Å²) in [7, 11) is 2.07. The van der Waals surface area contributed by atoms with Gasteiger partial charge in [-0.05, 0) is 31.1 Å². The molecule has 1 heteroatoms. The molecule has 88 valence electrons. The first-order chi connectivity index (χ1) is 6.76. The largest absolute Gasteiger partial charge is 0.391 e. The minimum absolute atomic E-state index is 0.294. The molecule has 1 fully saturated rings. The lowest BCUT2D eigenvalue weighted by Crippen LogP contribution is -2.31. The Kier molecular flexibility index (Phi) is 3.52. The standard InChI is InChI=1S/C14H27N/c1-13(2,3)10-14(4,5)12(15-6)11-8-7-9-11/h15H,7-10H2,1-6H3. The highest BCUT2D eigenvalue weighted by Crippen LogP contribution is 2.42. The normalized spacial score (nSPS) is 17.3. The first-order valence-electron chi connectivity index (χ1n) is 6.16. The van der Waals surface area contributed by atoms with Crippen LogP contribution < -0.4 is 5.32 Å². The lowest BCUT2D eigenvalue weighted by Gasteiger charge is -2.38. The minimum Gasteiger partial charge on any atom is -0.391 e. The smallest absolute Gasteiger partial charge is 0.0153 e. The molecule has 0 atom stereocenters. The van der Waals surface area contributed by atoms with Crippen LogP contribution in [0, 0.1) is 10.8 Å². The molecule has 0 heterocycles. The second-order valence-electron chi connectivity index (χ2n) is 6.70. The first kappa shape index (κ1) is 12.6. The second-order valence-corrected chi connectivity index (χ2v) is 6.70. The molecule has 0 aliphatic heterocycles. The van der Waals surface area contributed by atoms with Crippen LogP contribution in [-0.2, 0) is 0 Å². The van der Waals surface area contributed by atoms with Gasteiger partial charge in [-0.2, -0.15) is 0 Å². The molecule has 1 N–H and O–H groups in total. The third-order valence-electron chi connectivity index (χ3n) is 3.21. The van der Waals surface area contributed by atoms with Crippen molar-refractivity contribution in [2.45, 2.75) is 60.3 Å². The van der Waals surface area contributed by atoms with Crippen LogP contribution in [0.25, 0.3) is 0 Å². The van der Waals surface area contributed by atoms with Crippen LogP contribution in [0.4, 0.5) is 0 Å². The number of hydrogen-bond donors (Lipinski definition) is 1. The maximum atomic E-state index is 3.45. The van der Waals surface area contributed by atoms with Crippen molar-refractivity contribution in [1.29, 1.82) is 0 Å². The fraction of sp³-hybridized carbons (Fsp3) is 0.857. The summed E-state index contributed by atoms with van der Waals surface area (Å²) in [5, 5.41) is 3.45. The SMILES string of the molecule is CNC(=C1CCC1)C(C)(C)CC(C)(C)C. The van der Waals surface area contributed by atoms with E-state index in [4.69, 9.17) is 0 Å². The molecule has 1 rings (SSSR count). The van der Waals surface area contributed by atoms with E-state index in [0.29, 0.717) is 10.8 Å². The summed E-state index contributed by atoms with van der Waals surface area (Å²) >= 11 is 0. The maximum Gasteiger partial charge on any atom is 0.0153 e. The van der Waals surface area contributed by atoms with E-state index in [1.54, 1.807) is 5.57 Å². The van der Waals surface area contributed by atoms with Crippen molar-refractivity contribution in [1.82, 2.24) is 5.32 Å². The second kappa shape index (κ2) is 4.19. The highest BCUT2D eigenvalue weighted by molar-refractivity contribution is 5.23. The molecule has 15 heavy (non-hydrogen) atoms. The van der Waals surface area contributed by atoms with Crippen molar-refractivity contribution in [2.75, 3.05) is 7.05 Å². The zero-order valence-electron chi connectivity index (χ0n) is 11.3. The molecule has 0 aromatic rings. The van der Waals surface area contributed by atoms with E-state index in [-0.39, 0.29) is 0 Å². The number of nitrogens with one attached hydrogen (secondary N) is 1. The molecule has 0 bridgehead atoms. The van der Waals surface area contributed by atoms with E-state index < -0.39 is 0 Å². The fourth-order valence-electron chi connectivity index (χ4n) is 3.01. The summed E-state index contributed by atoms with van der Waals surface area (Å²) in [5.74, 6) is 0.